The monoisotopic (exact) mass is 369 g/mol. The summed E-state index contributed by atoms with van der Waals surface area (Å²) in [6.07, 6.45) is 1.63. The molecule has 0 saturated carbocycles. The summed E-state index contributed by atoms with van der Waals surface area (Å²) in [4.78, 5) is 4.41. The third kappa shape index (κ3) is 2.54. The molecule has 1 aromatic carbocycles. The number of furan rings is 1. The number of anilines is 1. The fourth-order valence-electron chi connectivity index (χ4n) is 1.47. The Morgan fingerprint density at radius 1 is 1.28 bits per heavy atom. The van der Waals surface area contributed by atoms with Crippen LogP contribution in [0.3, 0.4) is 0 Å². The Morgan fingerprint density at radius 3 is 2.94 bits per heavy atom. The van der Waals surface area contributed by atoms with Crippen LogP contribution in [0, 0.1) is 3.77 Å². The number of nitrogens with one attached hydrogen (secondary N) is 1. The Kier molecular flexibility index (Phi) is 3.28. The molecule has 90 valence electrons. The number of hydrogen-bond donors (Lipinski definition) is 1. The number of thiazole rings is 1. The van der Waals surface area contributed by atoms with Crippen molar-refractivity contribution < 1.29 is 4.42 Å². The van der Waals surface area contributed by atoms with Gasteiger partial charge >= 0.3 is 0 Å². The standard InChI is InChI=1S/C12H8IN3OS/c13-11-6-5-8(17-11)7-14-16-12-15-9-3-1-2-4-10(9)18-12/h1-7H,(H,15,16)/b14-7-. The smallest absolute Gasteiger partial charge is 0.204 e. The first kappa shape index (κ1) is 11.7. The quantitative estimate of drug-likeness (QED) is 0.432. The largest absolute Gasteiger partial charge is 0.449 e. The number of rotatable bonds is 3. The van der Waals surface area contributed by atoms with Crippen LogP contribution in [0.5, 0.6) is 0 Å². The fraction of sp³-hybridized carbons (Fsp3) is 0. The van der Waals surface area contributed by atoms with Gasteiger partial charge in [0.15, 0.2) is 3.77 Å². The molecule has 0 bridgehead atoms. The van der Waals surface area contributed by atoms with Gasteiger partial charge in [0.2, 0.25) is 5.13 Å². The zero-order chi connectivity index (χ0) is 12.4. The van der Waals surface area contributed by atoms with Crippen molar-refractivity contribution >= 4 is 55.5 Å². The van der Waals surface area contributed by atoms with Crippen LogP contribution in [0.2, 0.25) is 0 Å². The molecular formula is C12H8IN3OS. The minimum atomic E-state index is 0.716. The summed E-state index contributed by atoms with van der Waals surface area (Å²) in [5.74, 6) is 0.716. The third-order valence-electron chi connectivity index (χ3n) is 2.24. The van der Waals surface area contributed by atoms with Gasteiger partial charge in [0.05, 0.1) is 16.4 Å². The van der Waals surface area contributed by atoms with Gasteiger partial charge < -0.3 is 4.42 Å². The number of halogens is 1. The zero-order valence-electron chi connectivity index (χ0n) is 9.13. The van der Waals surface area contributed by atoms with Crippen molar-refractivity contribution in [3.05, 3.63) is 45.9 Å². The van der Waals surface area contributed by atoms with Gasteiger partial charge in [-0.05, 0) is 46.9 Å². The summed E-state index contributed by atoms with van der Waals surface area (Å²) in [7, 11) is 0. The molecule has 0 aliphatic rings. The van der Waals surface area contributed by atoms with Crippen LogP contribution >= 0.6 is 33.9 Å². The van der Waals surface area contributed by atoms with Gasteiger partial charge in [0, 0.05) is 0 Å². The Bertz CT molecular complexity index is 671. The van der Waals surface area contributed by atoms with E-state index in [0.717, 1.165) is 19.1 Å². The lowest BCUT2D eigenvalue weighted by atomic mass is 10.3. The van der Waals surface area contributed by atoms with Crippen molar-refractivity contribution in [3.63, 3.8) is 0 Å². The molecule has 0 atom stereocenters. The second-order valence-corrected chi connectivity index (χ2v) is 5.59. The predicted octanol–water partition coefficient (Wildman–Crippen LogP) is 3.94. The van der Waals surface area contributed by atoms with Crippen LogP contribution in [-0.4, -0.2) is 11.2 Å². The van der Waals surface area contributed by atoms with Crippen molar-refractivity contribution in [3.8, 4) is 0 Å². The molecule has 3 aromatic rings. The molecule has 6 heteroatoms. The minimum Gasteiger partial charge on any atom is -0.449 e. The average Bonchev–Trinajstić information content (AvgIpc) is 2.95. The fourth-order valence-corrected chi connectivity index (χ4v) is 2.72. The molecule has 0 unspecified atom stereocenters. The molecule has 0 aliphatic heterocycles. The maximum absolute atomic E-state index is 5.36. The molecule has 18 heavy (non-hydrogen) atoms. The van der Waals surface area contributed by atoms with Gasteiger partial charge in [-0.2, -0.15) is 5.10 Å². The highest BCUT2D eigenvalue weighted by Crippen LogP contribution is 2.25. The second-order valence-electron chi connectivity index (χ2n) is 3.50. The molecular weight excluding hydrogens is 361 g/mol. The van der Waals surface area contributed by atoms with E-state index in [1.165, 1.54) is 0 Å². The van der Waals surface area contributed by atoms with Crippen LogP contribution < -0.4 is 5.43 Å². The van der Waals surface area contributed by atoms with Crippen LogP contribution in [0.25, 0.3) is 10.2 Å². The van der Waals surface area contributed by atoms with E-state index in [1.54, 1.807) is 17.6 Å². The number of aromatic nitrogens is 1. The maximum atomic E-state index is 5.36. The van der Waals surface area contributed by atoms with Gasteiger partial charge in [-0.1, -0.05) is 23.5 Å². The maximum Gasteiger partial charge on any atom is 0.204 e. The highest BCUT2D eigenvalue weighted by molar-refractivity contribution is 14.1. The summed E-state index contributed by atoms with van der Waals surface area (Å²) in [5.41, 5.74) is 3.89. The summed E-state index contributed by atoms with van der Waals surface area (Å²) < 4.78 is 7.34. The van der Waals surface area contributed by atoms with E-state index in [0.29, 0.717) is 5.76 Å². The molecule has 2 aromatic heterocycles. The van der Waals surface area contributed by atoms with Gasteiger partial charge in [-0.3, -0.25) is 5.43 Å². The first-order valence-electron chi connectivity index (χ1n) is 5.21. The molecule has 1 N–H and O–H groups in total. The highest BCUT2D eigenvalue weighted by atomic mass is 127. The van der Waals surface area contributed by atoms with Crippen molar-refractivity contribution in [2.24, 2.45) is 5.10 Å². The molecule has 0 aliphatic carbocycles. The van der Waals surface area contributed by atoms with Crippen molar-refractivity contribution in [2.75, 3.05) is 5.43 Å². The van der Waals surface area contributed by atoms with Crippen LogP contribution in [0.1, 0.15) is 5.76 Å². The van der Waals surface area contributed by atoms with Crippen LogP contribution in [0.15, 0.2) is 45.9 Å². The lowest BCUT2D eigenvalue weighted by Gasteiger charge is -1.90. The van der Waals surface area contributed by atoms with Gasteiger partial charge in [0.1, 0.15) is 5.76 Å². The van der Waals surface area contributed by atoms with Gasteiger partial charge in [0.25, 0.3) is 0 Å². The van der Waals surface area contributed by atoms with Crippen molar-refractivity contribution in [1.82, 2.24) is 4.98 Å². The Morgan fingerprint density at radius 2 is 2.17 bits per heavy atom. The van der Waals surface area contributed by atoms with E-state index < -0.39 is 0 Å². The van der Waals surface area contributed by atoms with E-state index in [2.05, 4.69) is 38.1 Å². The normalized spacial score (nSPS) is 11.4. The number of para-hydroxylation sites is 1. The zero-order valence-corrected chi connectivity index (χ0v) is 12.1. The number of hydrazone groups is 1. The molecule has 0 spiro atoms. The molecule has 2 heterocycles. The lowest BCUT2D eigenvalue weighted by molar-refractivity contribution is 0.531. The first-order valence-corrected chi connectivity index (χ1v) is 7.11. The number of nitrogens with zero attached hydrogens (tertiary/aromatic N) is 2. The topological polar surface area (TPSA) is 50.4 Å². The molecule has 0 amide bonds. The number of benzene rings is 1. The SMILES string of the molecule is Ic1ccc(/C=N\Nc2nc3ccccc3s2)o1. The Hall–Kier alpha value is -1.41. The Labute approximate surface area is 121 Å². The van der Waals surface area contributed by atoms with E-state index in [-0.39, 0.29) is 0 Å². The van der Waals surface area contributed by atoms with E-state index in [9.17, 15) is 0 Å². The second kappa shape index (κ2) is 5.07. The average molecular weight is 369 g/mol. The van der Waals surface area contributed by atoms with E-state index >= 15 is 0 Å². The van der Waals surface area contributed by atoms with Gasteiger partial charge in [-0.25, -0.2) is 4.98 Å². The lowest BCUT2D eigenvalue weighted by Crippen LogP contribution is -1.88. The van der Waals surface area contributed by atoms with Crippen LogP contribution in [-0.2, 0) is 0 Å². The van der Waals surface area contributed by atoms with Gasteiger partial charge in [-0.15, -0.1) is 0 Å². The summed E-state index contributed by atoms with van der Waals surface area (Å²) in [6, 6.07) is 11.7. The van der Waals surface area contributed by atoms with E-state index in [1.807, 2.05) is 36.4 Å². The molecule has 0 radical (unpaired) electrons. The molecule has 4 nitrogen and oxygen atoms in total. The third-order valence-corrected chi connectivity index (χ3v) is 3.76. The van der Waals surface area contributed by atoms with Crippen molar-refractivity contribution in [1.29, 1.82) is 0 Å². The highest BCUT2D eigenvalue weighted by Gasteiger charge is 2.01. The first-order chi connectivity index (χ1) is 8.81. The summed E-state index contributed by atoms with van der Waals surface area (Å²) in [6.45, 7) is 0. The minimum absolute atomic E-state index is 0.716. The Balaban J connectivity index is 1.74. The molecule has 0 fully saturated rings. The summed E-state index contributed by atoms with van der Waals surface area (Å²) >= 11 is 3.68. The number of hydrogen-bond acceptors (Lipinski definition) is 5. The van der Waals surface area contributed by atoms with Crippen molar-refractivity contribution in [2.45, 2.75) is 0 Å². The van der Waals surface area contributed by atoms with E-state index in [4.69, 9.17) is 4.42 Å². The van der Waals surface area contributed by atoms with Crippen LogP contribution in [0.4, 0.5) is 5.13 Å². The number of fused-ring (bicyclic) bond motifs is 1. The molecule has 0 saturated heterocycles. The summed E-state index contributed by atoms with van der Waals surface area (Å²) in [5, 5.41) is 4.87. The predicted molar refractivity (Wildman–Crippen MR) is 82.3 cm³/mol. The molecule has 3 rings (SSSR count).